The molecule has 9 heteroatoms. The van der Waals surface area contributed by atoms with E-state index in [2.05, 4.69) is 111 Å². The van der Waals surface area contributed by atoms with Gasteiger partial charge in [0.15, 0.2) is 12.4 Å². The summed E-state index contributed by atoms with van der Waals surface area (Å²) in [5.41, 5.74) is 0. The first-order valence-corrected chi connectivity index (χ1v) is 37.4. The number of ether oxygens (including phenoxy) is 4. The fourth-order valence-electron chi connectivity index (χ4n) is 10.6. The Labute approximate surface area is 550 Å². The lowest BCUT2D eigenvalue weighted by molar-refractivity contribution is -0.870. The van der Waals surface area contributed by atoms with E-state index >= 15 is 0 Å². The van der Waals surface area contributed by atoms with Gasteiger partial charge in [-0.3, -0.25) is 9.59 Å². The van der Waals surface area contributed by atoms with Crippen molar-refractivity contribution in [3.05, 3.63) is 97.2 Å². The number of hydrogen-bond donors (Lipinski definition) is 0. The fraction of sp³-hybridized carbons (Fsp3) is 0.762. The van der Waals surface area contributed by atoms with E-state index in [1.165, 1.54) is 218 Å². The molecule has 2 atom stereocenters. The van der Waals surface area contributed by atoms with Crippen molar-refractivity contribution in [2.75, 3.05) is 47.5 Å². The Kier molecular flexibility index (Phi) is 67.1. The highest BCUT2D eigenvalue weighted by molar-refractivity contribution is 5.70. The minimum Gasteiger partial charge on any atom is -0.545 e. The van der Waals surface area contributed by atoms with Crippen LogP contribution in [0.15, 0.2) is 97.2 Å². The van der Waals surface area contributed by atoms with Gasteiger partial charge in [-0.1, -0.05) is 323 Å². The average molecular weight is 1250 g/mol. The first kappa shape index (κ1) is 85.2. The zero-order valence-electron chi connectivity index (χ0n) is 58.8. The summed E-state index contributed by atoms with van der Waals surface area (Å²) in [7, 11) is 5.94. The maximum atomic E-state index is 13.0. The van der Waals surface area contributed by atoms with Crippen molar-refractivity contribution in [3.63, 3.8) is 0 Å². The standard InChI is InChI=1S/C80H141NO8/c1-6-8-10-12-14-16-18-20-22-24-26-28-30-32-34-35-36-37-38-39-40-41-42-43-45-47-49-51-53-55-57-59-61-63-65-67-69-71-78(83)89-76(75-88-80(79(84)85)86-73-72-81(3,4)5)74-87-77(82)70-68-66-64-62-60-58-56-54-52-50-48-46-44-33-31-29-27-25-23-21-19-17-15-13-11-9-7-2/h8,10,14,16,20,22,25-28,32,34,36-37,39-40,76,80H,6-7,9,11-13,15,17-19,21,23-24,29-31,33,35,38,41-75H2,1-5H3/b10-8-,16-14-,22-20-,27-25-,28-26-,34-32-,37-36-,40-39-. The molecule has 0 aromatic rings. The number of unbranched alkanes of at least 4 members (excludes halogenated alkanes) is 38. The van der Waals surface area contributed by atoms with Crippen LogP contribution in [0.25, 0.3) is 0 Å². The van der Waals surface area contributed by atoms with Crippen LogP contribution >= 0.6 is 0 Å². The van der Waals surface area contributed by atoms with Gasteiger partial charge in [0.25, 0.3) is 0 Å². The van der Waals surface area contributed by atoms with Crippen LogP contribution in [0, 0.1) is 0 Å². The van der Waals surface area contributed by atoms with E-state index in [0.717, 1.165) is 83.5 Å². The third-order valence-corrected chi connectivity index (χ3v) is 16.3. The number of esters is 2. The molecule has 514 valence electrons. The van der Waals surface area contributed by atoms with Crippen LogP contribution in [0.1, 0.15) is 335 Å². The van der Waals surface area contributed by atoms with Crippen molar-refractivity contribution in [2.24, 2.45) is 0 Å². The van der Waals surface area contributed by atoms with E-state index in [4.69, 9.17) is 18.9 Å². The number of carbonyl (C=O) groups excluding carboxylic acids is 3. The third-order valence-electron chi connectivity index (χ3n) is 16.3. The van der Waals surface area contributed by atoms with E-state index in [1.54, 1.807) is 0 Å². The van der Waals surface area contributed by atoms with Crippen LogP contribution in [-0.2, 0) is 33.3 Å². The highest BCUT2D eigenvalue weighted by Crippen LogP contribution is 2.18. The zero-order valence-corrected chi connectivity index (χ0v) is 58.8. The molecule has 0 fully saturated rings. The summed E-state index contributed by atoms with van der Waals surface area (Å²) in [5.74, 6) is -2.27. The number of quaternary nitrogens is 1. The smallest absolute Gasteiger partial charge is 0.306 e. The van der Waals surface area contributed by atoms with Gasteiger partial charge in [0.2, 0.25) is 0 Å². The Morgan fingerprint density at radius 2 is 0.640 bits per heavy atom. The molecule has 0 amide bonds. The fourth-order valence-corrected chi connectivity index (χ4v) is 10.6. The Hall–Kier alpha value is -3.79. The summed E-state index contributed by atoms with van der Waals surface area (Å²) >= 11 is 0. The van der Waals surface area contributed by atoms with Crippen molar-refractivity contribution < 1.29 is 42.9 Å². The van der Waals surface area contributed by atoms with Crippen LogP contribution < -0.4 is 5.11 Å². The van der Waals surface area contributed by atoms with Gasteiger partial charge in [-0.15, -0.1) is 0 Å². The molecule has 0 aliphatic rings. The third kappa shape index (κ3) is 71.5. The summed E-state index contributed by atoms with van der Waals surface area (Å²) in [6.07, 6.45) is 93.6. The molecule has 0 aromatic carbocycles. The van der Waals surface area contributed by atoms with Gasteiger partial charge in [0.1, 0.15) is 13.2 Å². The highest BCUT2D eigenvalue weighted by atomic mass is 16.7. The normalized spacial score (nSPS) is 13.2. The molecule has 0 radical (unpaired) electrons. The largest absolute Gasteiger partial charge is 0.545 e. The summed E-state index contributed by atoms with van der Waals surface area (Å²) in [4.78, 5) is 37.5. The molecule has 0 aromatic heterocycles. The minimum absolute atomic E-state index is 0.146. The summed E-state index contributed by atoms with van der Waals surface area (Å²) < 4.78 is 22.8. The maximum Gasteiger partial charge on any atom is 0.306 e. The van der Waals surface area contributed by atoms with Crippen LogP contribution in [-0.4, -0.2) is 82.3 Å². The molecule has 0 aliphatic carbocycles. The lowest BCUT2D eigenvalue weighted by Gasteiger charge is -2.26. The van der Waals surface area contributed by atoms with E-state index in [0.29, 0.717) is 23.9 Å². The molecule has 0 aliphatic heterocycles. The number of aliphatic carboxylic acids is 1. The maximum absolute atomic E-state index is 13.0. The molecular weight excluding hydrogens is 1100 g/mol. The molecule has 9 nitrogen and oxygen atoms in total. The number of rotatable bonds is 69. The lowest BCUT2D eigenvalue weighted by atomic mass is 10.0. The number of nitrogens with zero attached hydrogens (tertiary/aromatic N) is 1. The molecule has 0 saturated carbocycles. The van der Waals surface area contributed by atoms with Crippen LogP contribution in [0.2, 0.25) is 0 Å². The first-order chi connectivity index (χ1) is 43.6. The number of carboxylic acid groups (broad SMARTS) is 1. The number of allylic oxidation sites excluding steroid dienone is 16. The van der Waals surface area contributed by atoms with Gasteiger partial charge < -0.3 is 33.3 Å². The molecular formula is C80H141NO8. The topological polar surface area (TPSA) is 111 Å². The molecule has 89 heavy (non-hydrogen) atoms. The number of hydrogen-bond acceptors (Lipinski definition) is 8. The second kappa shape index (κ2) is 70.1. The highest BCUT2D eigenvalue weighted by Gasteiger charge is 2.22. The molecule has 2 unspecified atom stereocenters. The predicted octanol–water partition coefficient (Wildman–Crippen LogP) is 22.3. The van der Waals surface area contributed by atoms with Gasteiger partial charge in [-0.25, -0.2) is 0 Å². The van der Waals surface area contributed by atoms with Crippen molar-refractivity contribution >= 4 is 17.9 Å². The van der Waals surface area contributed by atoms with E-state index < -0.39 is 24.3 Å². The van der Waals surface area contributed by atoms with Gasteiger partial charge >= 0.3 is 11.9 Å². The molecule has 0 spiro atoms. The first-order valence-electron chi connectivity index (χ1n) is 37.4. The SMILES string of the molecule is CC/C=C\C/C=C\C/C=C\C/C=C\C/C=C\C/C=C\C/C=C\CCCCCCCCCCCCCCCCCC(=O)OC(COC(=O)CCCCCCCCCCCCCCCCC/C=C\CCCCCCCCCC)COC(OCC[N+](C)(C)C)C(=O)[O-]. The molecule has 0 N–H and O–H groups in total. The second-order valence-electron chi connectivity index (χ2n) is 26.2. The van der Waals surface area contributed by atoms with Crippen LogP contribution in [0.4, 0.5) is 0 Å². The van der Waals surface area contributed by atoms with Crippen molar-refractivity contribution in [1.29, 1.82) is 0 Å². The monoisotopic (exact) mass is 1240 g/mol. The Balaban J connectivity index is 4.07. The van der Waals surface area contributed by atoms with Gasteiger partial charge in [0.05, 0.1) is 40.3 Å². The molecule has 0 saturated heterocycles. The van der Waals surface area contributed by atoms with E-state index in [-0.39, 0.29) is 32.2 Å². The summed E-state index contributed by atoms with van der Waals surface area (Å²) in [6.45, 7) is 4.67. The Morgan fingerprint density at radius 3 is 0.966 bits per heavy atom. The quantitative estimate of drug-likeness (QED) is 0.0195. The number of carbonyl (C=O) groups is 3. The van der Waals surface area contributed by atoms with E-state index in [1.807, 2.05) is 21.1 Å². The Bertz CT molecular complexity index is 1790. The zero-order chi connectivity index (χ0) is 64.7. The summed E-state index contributed by atoms with van der Waals surface area (Å²) in [6, 6.07) is 0. The predicted molar refractivity (Wildman–Crippen MR) is 380 cm³/mol. The van der Waals surface area contributed by atoms with Crippen LogP contribution in [0.5, 0.6) is 0 Å². The van der Waals surface area contributed by atoms with Gasteiger partial charge in [-0.05, 0) is 96.3 Å². The van der Waals surface area contributed by atoms with Gasteiger partial charge in [0, 0.05) is 12.8 Å². The van der Waals surface area contributed by atoms with Gasteiger partial charge in [-0.2, -0.15) is 0 Å². The second-order valence-corrected chi connectivity index (χ2v) is 26.2. The van der Waals surface area contributed by atoms with Crippen molar-refractivity contribution in [1.82, 2.24) is 0 Å². The molecule has 0 heterocycles. The summed E-state index contributed by atoms with van der Waals surface area (Å²) in [5, 5.41) is 11.8. The van der Waals surface area contributed by atoms with Crippen molar-refractivity contribution in [3.8, 4) is 0 Å². The number of likely N-dealkylation sites (N-methyl/N-ethyl adjacent to an activating group) is 1. The number of carboxylic acids is 1. The molecule has 0 rings (SSSR count). The van der Waals surface area contributed by atoms with Crippen molar-refractivity contribution in [2.45, 2.75) is 347 Å². The molecule has 0 bridgehead atoms. The van der Waals surface area contributed by atoms with Crippen LogP contribution in [0.3, 0.4) is 0 Å². The minimum atomic E-state index is -1.62. The lowest BCUT2D eigenvalue weighted by Crippen LogP contribution is -2.44. The van der Waals surface area contributed by atoms with E-state index in [9.17, 15) is 19.5 Å². The average Bonchev–Trinajstić information content (AvgIpc) is 3.70. The Morgan fingerprint density at radius 1 is 0.348 bits per heavy atom.